The van der Waals surface area contributed by atoms with Crippen LogP contribution in [0, 0.1) is 11.8 Å². The molecule has 2 fully saturated rings. The normalized spacial score (nSPS) is 16.0. The highest BCUT2D eigenvalue weighted by molar-refractivity contribution is 5.86. The van der Waals surface area contributed by atoms with Gasteiger partial charge in [-0.3, -0.25) is 9.59 Å². The summed E-state index contributed by atoms with van der Waals surface area (Å²) in [5, 5.41) is 13.4. The molecule has 2 N–H and O–H groups in total. The minimum Gasteiger partial charge on any atom is -0.359 e. The van der Waals surface area contributed by atoms with Gasteiger partial charge in [0.2, 0.25) is 11.8 Å². The van der Waals surface area contributed by atoms with E-state index in [1.807, 2.05) is 0 Å². The fourth-order valence-corrected chi connectivity index (χ4v) is 6.41. The second kappa shape index (κ2) is 13.5. The number of benzene rings is 2. The van der Waals surface area contributed by atoms with E-state index in [1.165, 1.54) is 12.1 Å². The summed E-state index contributed by atoms with van der Waals surface area (Å²) in [6.45, 7) is -0.0274. The van der Waals surface area contributed by atoms with Gasteiger partial charge in [-0.25, -0.2) is 0 Å². The van der Waals surface area contributed by atoms with Gasteiger partial charge in [-0.05, 0) is 61.1 Å². The van der Waals surface area contributed by atoms with Crippen LogP contribution in [0.3, 0.4) is 0 Å². The molecule has 2 aliphatic carbocycles. The number of carbonyl (C=O) groups is 2. The molecule has 0 unspecified atom stereocenters. The zero-order chi connectivity index (χ0) is 34.1. The fourth-order valence-electron chi connectivity index (χ4n) is 6.41. The highest BCUT2D eigenvalue weighted by Gasteiger charge is 2.37. The molecule has 0 saturated heterocycles. The molecule has 254 valence electrons. The molecule has 2 saturated carbocycles. The minimum atomic E-state index is -4.93. The third-order valence-corrected chi connectivity index (χ3v) is 8.98. The van der Waals surface area contributed by atoms with Crippen LogP contribution in [-0.2, 0) is 35.0 Å². The number of amides is 2. The lowest BCUT2D eigenvalue weighted by molar-refractivity contribution is -0.137. The first-order chi connectivity index (χ1) is 22.9. The molecule has 2 amide bonds. The molecule has 0 spiro atoms. The Morgan fingerprint density at radius 3 is 1.73 bits per heavy atom. The van der Waals surface area contributed by atoms with Crippen molar-refractivity contribution in [2.24, 2.45) is 11.8 Å². The minimum absolute atomic E-state index is 0.0101. The number of hydrogen-bond donors (Lipinski definition) is 2. The van der Waals surface area contributed by atoms with Crippen molar-refractivity contribution in [2.75, 3.05) is 0 Å². The fraction of sp³-hybridized carbons (Fsp3) is 0.412. The highest BCUT2D eigenvalue weighted by Crippen LogP contribution is 2.44. The van der Waals surface area contributed by atoms with Crippen molar-refractivity contribution >= 4 is 11.8 Å². The third-order valence-electron chi connectivity index (χ3n) is 8.98. The summed E-state index contributed by atoms with van der Waals surface area (Å²) in [6.07, 6.45) is -2.78. The highest BCUT2D eigenvalue weighted by atomic mass is 19.4. The number of halogens is 6. The Balaban J connectivity index is 1.33. The van der Waals surface area contributed by atoms with Gasteiger partial charge in [0, 0.05) is 35.1 Å². The van der Waals surface area contributed by atoms with E-state index in [2.05, 4.69) is 20.9 Å². The first-order valence-corrected chi connectivity index (χ1v) is 15.8. The van der Waals surface area contributed by atoms with Crippen LogP contribution in [0.5, 0.6) is 0 Å². The lowest BCUT2D eigenvalue weighted by Gasteiger charge is -2.18. The van der Waals surface area contributed by atoms with E-state index in [0.717, 1.165) is 81.7 Å². The molecule has 2 aromatic heterocycles. The monoisotopic (exact) mass is 674 g/mol. The van der Waals surface area contributed by atoms with Crippen LogP contribution in [-0.4, -0.2) is 22.1 Å². The SMILES string of the molecule is O=C(NCc1cc(-c2ccc(C(F)(F)F)c(-c3cc(C(F)(F)F)ccc3-c3cc(CNC(=O)C4CCCC4)on3)c2)no1)C1CCCC1. The average Bonchev–Trinajstić information content (AvgIpc) is 3.89. The molecule has 2 aromatic carbocycles. The van der Waals surface area contributed by atoms with Gasteiger partial charge in [-0.15, -0.1) is 0 Å². The number of nitrogens with one attached hydrogen (secondary N) is 2. The van der Waals surface area contributed by atoms with Crippen LogP contribution in [0.1, 0.15) is 74.0 Å². The van der Waals surface area contributed by atoms with E-state index in [0.29, 0.717) is 6.07 Å². The van der Waals surface area contributed by atoms with Gasteiger partial charge in [0.05, 0.1) is 24.2 Å². The van der Waals surface area contributed by atoms with Crippen LogP contribution < -0.4 is 10.6 Å². The first-order valence-electron chi connectivity index (χ1n) is 15.8. The largest absolute Gasteiger partial charge is 0.417 e. The zero-order valence-corrected chi connectivity index (χ0v) is 25.6. The van der Waals surface area contributed by atoms with E-state index < -0.39 is 29.0 Å². The van der Waals surface area contributed by atoms with Crippen molar-refractivity contribution in [3.8, 4) is 33.6 Å². The second-order valence-corrected chi connectivity index (χ2v) is 12.3. The lowest BCUT2D eigenvalue weighted by Crippen LogP contribution is -2.28. The van der Waals surface area contributed by atoms with Crippen molar-refractivity contribution < 1.29 is 45.0 Å². The van der Waals surface area contributed by atoms with Crippen LogP contribution in [0.25, 0.3) is 33.6 Å². The molecule has 14 heteroatoms. The van der Waals surface area contributed by atoms with Gasteiger partial charge in [0.15, 0.2) is 11.5 Å². The molecular formula is C34H32F6N4O4. The summed E-state index contributed by atoms with van der Waals surface area (Å²) in [4.78, 5) is 24.9. The summed E-state index contributed by atoms with van der Waals surface area (Å²) in [6, 6.07) is 8.31. The summed E-state index contributed by atoms with van der Waals surface area (Å²) < 4.78 is 95.5. The number of rotatable bonds is 9. The van der Waals surface area contributed by atoms with Crippen molar-refractivity contribution in [3.63, 3.8) is 0 Å². The van der Waals surface area contributed by atoms with E-state index >= 15 is 0 Å². The molecule has 6 rings (SSSR count). The number of aromatic nitrogens is 2. The van der Waals surface area contributed by atoms with E-state index in [9.17, 15) is 35.9 Å². The molecule has 0 atom stereocenters. The summed E-state index contributed by atoms with van der Waals surface area (Å²) in [5.41, 5.74) is -3.04. The Bertz CT molecular complexity index is 1780. The molecule has 0 radical (unpaired) electrons. The van der Waals surface area contributed by atoms with Gasteiger partial charge < -0.3 is 19.7 Å². The Labute approximate surface area is 271 Å². The van der Waals surface area contributed by atoms with Crippen molar-refractivity contribution in [1.82, 2.24) is 20.9 Å². The van der Waals surface area contributed by atoms with Crippen molar-refractivity contribution in [1.29, 1.82) is 0 Å². The molecule has 8 nitrogen and oxygen atoms in total. The van der Waals surface area contributed by atoms with Crippen molar-refractivity contribution in [3.05, 3.63) is 71.2 Å². The topological polar surface area (TPSA) is 110 Å². The van der Waals surface area contributed by atoms with E-state index in [4.69, 9.17) is 9.05 Å². The maximum atomic E-state index is 14.4. The molecule has 0 bridgehead atoms. The van der Waals surface area contributed by atoms with Crippen LogP contribution >= 0.6 is 0 Å². The Morgan fingerprint density at radius 1 is 0.646 bits per heavy atom. The van der Waals surface area contributed by atoms with E-state index in [1.54, 1.807) is 0 Å². The van der Waals surface area contributed by atoms with Crippen LogP contribution in [0.15, 0.2) is 57.6 Å². The number of carbonyl (C=O) groups excluding carboxylic acids is 2. The van der Waals surface area contributed by atoms with E-state index in [-0.39, 0.29) is 76.3 Å². The first kappa shape index (κ1) is 33.3. The number of hydrogen-bond acceptors (Lipinski definition) is 6. The van der Waals surface area contributed by atoms with Gasteiger partial charge in [-0.1, -0.05) is 48.1 Å². The lowest BCUT2D eigenvalue weighted by atomic mass is 9.90. The smallest absolute Gasteiger partial charge is 0.359 e. The number of alkyl halides is 6. The predicted octanol–water partition coefficient (Wildman–Crippen LogP) is 8.31. The Hall–Kier alpha value is -4.62. The maximum absolute atomic E-state index is 14.4. The van der Waals surface area contributed by atoms with Gasteiger partial charge in [0.1, 0.15) is 11.4 Å². The summed E-state index contributed by atoms with van der Waals surface area (Å²) in [7, 11) is 0. The molecule has 48 heavy (non-hydrogen) atoms. The van der Waals surface area contributed by atoms with Crippen LogP contribution in [0.4, 0.5) is 26.3 Å². The van der Waals surface area contributed by atoms with Gasteiger partial charge >= 0.3 is 12.4 Å². The Kier molecular flexibility index (Phi) is 9.35. The van der Waals surface area contributed by atoms with Gasteiger partial charge in [-0.2, -0.15) is 26.3 Å². The summed E-state index contributed by atoms with van der Waals surface area (Å²) in [5.74, 6) is -0.0256. The molecule has 0 aliphatic heterocycles. The molecule has 4 aromatic rings. The standard InChI is InChI=1S/C34H32F6N4O4/c35-33(36,37)22-10-11-25(30-16-24(48-44-30)18-42-32(46)20-7-3-4-8-20)26(14-22)27-13-21(9-12-28(27)34(38,39)40)29-15-23(47-43-29)17-41-31(45)19-5-1-2-6-19/h9-16,19-20H,1-8,17-18H2,(H,41,45)(H,42,46). The molecular weight excluding hydrogens is 642 g/mol. The predicted molar refractivity (Wildman–Crippen MR) is 160 cm³/mol. The quantitative estimate of drug-likeness (QED) is 0.173. The molecule has 2 aliphatic rings. The summed E-state index contributed by atoms with van der Waals surface area (Å²) >= 11 is 0. The number of nitrogens with zero attached hydrogens (tertiary/aromatic N) is 2. The third kappa shape index (κ3) is 7.42. The Morgan fingerprint density at radius 2 is 1.19 bits per heavy atom. The zero-order valence-electron chi connectivity index (χ0n) is 25.6. The maximum Gasteiger partial charge on any atom is 0.417 e. The second-order valence-electron chi connectivity index (χ2n) is 12.3. The van der Waals surface area contributed by atoms with Crippen LogP contribution in [0.2, 0.25) is 0 Å². The van der Waals surface area contributed by atoms with Gasteiger partial charge in [0.25, 0.3) is 0 Å². The average molecular weight is 675 g/mol. The van der Waals surface area contributed by atoms with Crippen molar-refractivity contribution in [2.45, 2.75) is 76.8 Å². The molecule has 2 heterocycles.